The summed E-state index contributed by atoms with van der Waals surface area (Å²) in [6.45, 7) is 5.50. The van der Waals surface area contributed by atoms with Gasteiger partial charge in [0.25, 0.3) is 10.0 Å². The first-order chi connectivity index (χ1) is 9.87. The molecular formula is C13H20N2O5S2. The van der Waals surface area contributed by atoms with Gasteiger partial charge in [-0.2, -0.15) is 0 Å². The third kappa shape index (κ3) is 5.08. The second-order valence-corrected chi connectivity index (χ2v) is 9.26. The predicted octanol–water partition coefficient (Wildman–Crippen LogP) is 1.30. The van der Waals surface area contributed by atoms with Crippen LogP contribution < -0.4 is 9.44 Å². The van der Waals surface area contributed by atoms with Gasteiger partial charge in [-0.05, 0) is 30.7 Å². The molecule has 0 unspecified atom stereocenters. The number of sulfonamides is 2. The fraction of sp³-hybridized carbons (Fsp3) is 0.462. The Labute approximate surface area is 131 Å². The highest BCUT2D eigenvalue weighted by Crippen LogP contribution is 2.23. The smallest absolute Gasteiger partial charge is 0.253 e. The molecule has 0 bridgehead atoms. The summed E-state index contributed by atoms with van der Waals surface area (Å²) in [5, 5.41) is 2.69. The molecule has 1 amide bonds. The van der Waals surface area contributed by atoms with E-state index in [1.165, 1.54) is 24.3 Å². The van der Waals surface area contributed by atoms with E-state index >= 15 is 0 Å². The number of amides is 1. The number of hydrogen-bond acceptors (Lipinski definition) is 5. The molecule has 0 aliphatic heterocycles. The molecule has 0 fully saturated rings. The van der Waals surface area contributed by atoms with Gasteiger partial charge in [0.05, 0.1) is 11.2 Å². The van der Waals surface area contributed by atoms with Gasteiger partial charge in [-0.15, -0.1) is 4.13 Å². The average Bonchev–Trinajstić information content (AvgIpc) is 2.36. The minimum absolute atomic E-state index is 0.181. The second-order valence-electron chi connectivity index (χ2n) is 5.57. The number of anilines is 1. The van der Waals surface area contributed by atoms with Crippen LogP contribution in [0.3, 0.4) is 0 Å². The molecule has 0 saturated carbocycles. The molecule has 22 heavy (non-hydrogen) atoms. The van der Waals surface area contributed by atoms with E-state index in [2.05, 4.69) is 5.32 Å². The van der Waals surface area contributed by atoms with Crippen molar-refractivity contribution in [2.75, 3.05) is 11.6 Å². The van der Waals surface area contributed by atoms with E-state index < -0.39 is 25.5 Å². The molecule has 0 aliphatic rings. The summed E-state index contributed by atoms with van der Waals surface area (Å²) in [6.07, 6.45) is 1.41. The van der Waals surface area contributed by atoms with Gasteiger partial charge in [-0.3, -0.25) is 4.79 Å². The van der Waals surface area contributed by atoms with Crippen molar-refractivity contribution in [3.8, 4) is 0 Å². The lowest BCUT2D eigenvalue weighted by Gasteiger charge is -2.21. The van der Waals surface area contributed by atoms with Crippen LogP contribution in [0.2, 0.25) is 0 Å². The van der Waals surface area contributed by atoms with Crippen molar-refractivity contribution in [2.45, 2.75) is 32.1 Å². The fourth-order valence-corrected chi connectivity index (χ4v) is 3.90. The molecular weight excluding hydrogens is 328 g/mol. The average molecular weight is 348 g/mol. The summed E-state index contributed by atoms with van der Waals surface area (Å²) < 4.78 is 47.2. The van der Waals surface area contributed by atoms with Gasteiger partial charge in [0.2, 0.25) is 15.9 Å². The van der Waals surface area contributed by atoms with Gasteiger partial charge in [0.1, 0.15) is 0 Å². The Hall–Kier alpha value is -1.45. The van der Waals surface area contributed by atoms with E-state index in [9.17, 15) is 21.6 Å². The van der Waals surface area contributed by atoms with Crippen molar-refractivity contribution in [2.24, 2.45) is 5.41 Å². The van der Waals surface area contributed by atoms with Crippen LogP contribution in [0, 0.1) is 5.41 Å². The molecule has 1 aromatic rings. The Morgan fingerprint density at radius 2 is 1.59 bits per heavy atom. The van der Waals surface area contributed by atoms with Crippen LogP contribution in [0.5, 0.6) is 0 Å². The van der Waals surface area contributed by atoms with Gasteiger partial charge in [0, 0.05) is 11.1 Å². The molecule has 0 aromatic heterocycles. The molecule has 1 rings (SSSR count). The maximum absolute atomic E-state index is 12.0. The summed E-state index contributed by atoms with van der Waals surface area (Å²) >= 11 is 0. The lowest BCUT2D eigenvalue weighted by atomic mass is 9.89. The first kappa shape index (κ1) is 18.6. The van der Waals surface area contributed by atoms with E-state index in [-0.39, 0.29) is 10.8 Å². The first-order valence-corrected chi connectivity index (χ1v) is 9.90. The van der Waals surface area contributed by atoms with E-state index in [1.807, 2.05) is 6.92 Å². The first-order valence-electron chi connectivity index (χ1n) is 6.52. The fourth-order valence-electron chi connectivity index (χ4n) is 1.43. The Bertz CT molecular complexity index is 750. The van der Waals surface area contributed by atoms with E-state index in [0.717, 1.165) is 6.26 Å². The van der Waals surface area contributed by atoms with Gasteiger partial charge in [-0.25, -0.2) is 16.8 Å². The summed E-state index contributed by atoms with van der Waals surface area (Å²) in [6, 6.07) is 5.26. The number of hydrogen-bond donors (Lipinski definition) is 2. The topological polar surface area (TPSA) is 109 Å². The van der Waals surface area contributed by atoms with Gasteiger partial charge in [0.15, 0.2) is 0 Å². The lowest BCUT2D eigenvalue weighted by molar-refractivity contribution is -0.124. The molecule has 9 heteroatoms. The monoisotopic (exact) mass is 348 g/mol. The van der Waals surface area contributed by atoms with E-state index in [4.69, 9.17) is 0 Å². The van der Waals surface area contributed by atoms with Crippen LogP contribution in [0.15, 0.2) is 29.2 Å². The van der Waals surface area contributed by atoms with E-state index in [1.54, 1.807) is 18.0 Å². The van der Waals surface area contributed by atoms with Crippen molar-refractivity contribution in [1.29, 1.82) is 0 Å². The molecule has 0 radical (unpaired) electrons. The Balaban J connectivity index is 2.95. The van der Waals surface area contributed by atoms with Gasteiger partial charge in [-0.1, -0.05) is 20.8 Å². The lowest BCUT2D eigenvalue weighted by Crippen LogP contribution is -2.30. The minimum Gasteiger partial charge on any atom is -0.326 e. The van der Waals surface area contributed by atoms with Crippen LogP contribution in [0.25, 0.3) is 0 Å². The zero-order valence-electron chi connectivity index (χ0n) is 12.9. The van der Waals surface area contributed by atoms with Crippen molar-refractivity contribution in [1.82, 2.24) is 4.13 Å². The number of benzene rings is 1. The van der Waals surface area contributed by atoms with Crippen molar-refractivity contribution < 1.29 is 21.6 Å². The number of nitrogens with one attached hydrogen (secondary N) is 2. The quantitative estimate of drug-likeness (QED) is 0.805. The number of rotatable bonds is 6. The zero-order chi connectivity index (χ0) is 17.2. The van der Waals surface area contributed by atoms with Crippen molar-refractivity contribution in [3.05, 3.63) is 24.3 Å². The maximum Gasteiger partial charge on any atom is 0.253 e. The largest absolute Gasteiger partial charge is 0.326 e. The number of carbonyl (C=O) groups is 1. The summed E-state index contributed by atoms with van der Waals surface area (Å²) in [5.41, 5.74) is -0.104. The Morgan fingerprint density at radius 3 is 2.00 bits per heavy atom. The van der Waals surface area contributed by atoms with Gasteiger partial charge >= 0.3 is 0 Å². The van der Waals surface area contributed by atoms with Crippen LogP contribution in [-0.4, -0.2) is 29.0 Å². The van der Waals surface area contributed by atoms with Crippen molar-refractivity contribution in [3.63, 3.8) is 0 Å². The molecule has 0 atom stereocenters. The van der Waals surface area contributed by atoms with Crippen molar-refractivity contribution >= 4 is 31.6 Å². The maximum atomic E-state index is 12.0. The Kier molecular flexibility index (Phi) is 5.37. The molecule has 0 spiro atoms. The third-order valence-corrected chi connectivity index (χ3v) is 6.16. The molecule has 0 aliphatic carbocycles. The predicted molar refractivity (Wildman–Crippen MR) is 84.3 cm³/mol. The summed E-state index contributed by atoms with van der Waals surface area (Å²) in [7, 11) is -8.04. The summed E-state index contributed by atoms with van der Waals surface area (Å²) in [5.74, 6) is -0.181. The highest BCUT2D eigenvalue weighted by atomic mass is 32.3. The van der Waals surface area contributed by atoms with Crippen LogP contribution >= 0.6 is 0 Å². The molecule has 7 nitrogen and oxygen atoms in total. The molecule has 124 valence electrons. The van der Waals surface area contributed by atoms with E-state index in [0.29, 0.717) is 12.1 Å². The SMILES string of the molecule is CCC(C)(C)C(=O)Nc1ccc(S(=O)(=O)NS(C)(=O)=O)cc1. The molecule has 1 aromatic carbocycles. The standard InChI is InChI=1S/C13H20N2O5S2/c1-5-13(2,3)12(16)14-10-6-8-11(9-7-10)22(19,20)15-21(4,17)18/h6-9,15H,5H2,1-4H3,(H,14,16). The normalized spacial score (nSPS) is 12.9. The molecule has 2 N–H and O–H groups in total. The van der Waals surface area contributed by atoms with Crippen LogP contribution in [0.1, 0.15) is 27.2 Å². The Morgan fingerprint density at radius 1 is 1.09 bits per heavy atom. The third-order valence-electron chi connectivity index (χ3n) is 3.18. The minimum atomic E-state index is -4.15. The summed E-state index contributed by atoms with van der Waals surface area (Å²) in [4.78, 5) is 11.8. The van der Waals surface area contributed by atoms with Gasteiger partial charge < -0.3 is 5.32 Å². The number of carbonyl (C=O) groups excluding carboxylic acids is 1. The molecule has 0 saturated heterocycles. The highest BCUT2D eigenvalue weighted by Gasteiger charge is 2.25. The molecule has 0 heterocycles. The highest BCUT2D eigenvalue weighted by molar-refractivity contribution is 8.04. The van der Waals surface area contributed by atoms with Crippen LogP contribution in [0.4, 0.5) is 5.69 Å². The van der Waals surface area contributed by atoms with Crippen LogP contribution in [-0.2, 0) is 24.8 Å². The zero-order valence-corrected chi connectivity index (χ0v) is 14.5. The second kappa shape index (κ2) is 6.35.